The third-order valence-corrected chi connectivity index (χ3v) is 2.29. The summed E-state index contributed by atoms with van der Waals surface area (Å²) in [6.45, 7) is 0. The van der Waals surface area contributed by atoms with Crippen molar-refractivity contribution in [2.45, 2.75) is 5.92 Å². The van der Waals surface area contributed by atoms with Gasteiger partial charge in [-0.2, -0.15) is 5.26 Å². The van der Waals surface area contributed by atoms with Crippen LogP contribution in [0.2, 0.25) is 0 Å². The van der Waals surface area contributed by atoms with E-state index >= 15 is 0 Å². The number of aromatic nitrogens is 3. The van der Waals surface area contributed by atoms with Gasteiger partial charge in [-0.3, -0.25) is 4.98 Å². The highest BCUT2D eigenvalue weighted by Gasteiger charge is 2.16. The standard InChI is InChI=1S/C11H10N4/c1-15-7-6-14-11(15)10(8-12)9-2-4-13-5-3-9/h2-7,10H,1H3. The lowest BCUT2D eigenvalue weighted by molar-refractivity contribution is 0.782. The van der Waals surface area contributed by atoms with Crippen LogP contribution in [0.3, 0.4) is 0 Å². The number of imidazole rings is 1. The largest absolute Gasteiger partial charge is 0.337 e. The van der Waals surface area contributed by atoms with E-state index in [1.54, 1.807) is 18.6 Å². The van der Waals surface area contributed by atoms with Gasteiger partial charge in [-0.05, 0) is 17.7 Å². The molecule has 4 nitrogen and oxygen atoms in total. The maximum Gasteiger partial charge on any atom is 0.130 e. The lowest BCUT2D eigenvalue weighted by Gasteiger charge is -2.08. The molecule has 0 bridgehead atoms. The summed E-state index contributed by atoms with van der Waals surface area (Å²) in [6.07, 6.45) is 6.90. The Hall–Kier alpha value is -2.15. The summed E-state index contributed by atoms with van der Waals surface area (Å²) < 4.78 is 1.86. The molecule has 0 aliphatic carbocycles. The first-order chi connectivity index (χ1) is 7.33. The smallest absolute Gasteiger partial charge is 0.130 e. The molecule has 2 aromatic heterocycles. The molecule has 0 fully saturated rings. The molecule has 0 amide bonds. The molecule has 15 heavy (non-hydrogen) atoms. The monoisotopic (exact) mass is 198 g/mol. The van der Waals surface area contributed by atoms with E-state index < -0.39 is 0 Å². The fourth-order valence-corrected chi connectivity index (χ4v) is 1.49. The zero-order chi connectivity index (χ0) is 10.7. The van der Waals surface area contributed by atoms with Gasteiger partial charge in [0.25, 0.3) is 0 Å². The second-order valence-corrected chi connectivity index (χ2v) is 3.24. The van der Waals surface area contributed by atoms with E-state index in [0.717, 1.165) is 11.4 Å². The molecule has 1 unspecified atom stereocenters. The van der Waals surface area contributed by atoms with Crippen molar-refractivity contribution >= 4 is 0 Å². The van der Waals surface area contributed by atoms with Crippen LogP contribution >= 0.6 is 0 Å². The summed E-state index contributed by atoms with van der Waals surface area (Å²) in [6, 6.07) is 5.92. The van der Waals surface area contributed by atoms with E-state index in [2.05, 4.69) is 16.0 Å². The molecule has 0 radical (unpaired) electrons. The highest BCUT2D eigenvalue weighted by atomic mass is 15.0. The lowest BCUT2D eigenvalue weighted by Crippen LogP contribution is -2.05. The minimum absolute atomic E-state index is 0.326. The summed E-state index contributed by atoms with van der Waals surface area (Å²) in [5.41, 5.74) is 0.918. The summed E-state index contributed by atoms with van der Waals surface area (Å²) in [4.78, 5) is 8.11. The molecule has 74 valence electrons. The van der Waals surface area contributed by atoms with E-state index in [0.29, 0.717) is 0 Å². The maximum atomic E-state index is 9.15. The molecule has 0 aliphatic rings. The van der Waals surface area contributed by atoms with Gasteiger partial charge in [0.05, 0.1) is 6.07 Å². The van der Waals surface area contributed by atoms with Gasteiger partial charge in [0, 0.05) is 31.8 Å². The SMILES string of the molecule is Cn1ccnc1C(C#N)c1ccncc1. The van der Waals surface area contributed by atoms with Gasteiger partial charge in [0.15, 0.2) is 0 Å². The lowest BCUT2D eigenvalue weighted by atomic mass is 10.0. The molecule has 0 spiro atoms. The van der Waals surface area contributed by atoms with Crippen molar-refractivity contribution in [3.63, 3.8) is 0 Å². The van der Waals surface area contributed by atoms with Crippen molar-refractivity contribution in [3.05, 3.63) is 48.3 Å². The predicted molar refractivity (Wildman–Crippen MR) is 54.9 cm³/mol. The van der Waals surface area contributed by atoms with Crippen LogP contribution in [0.5, 0.6) is 0 Å². The first-order valence-corrected chi connectivity index (χ1v) is 4.59. The molecule has 0 aliphatic heterocycles. The number of aryl methyl sites for hydroxylation is 1. The highest BCUT2D eigenvalue weighted by molar-refractivity contribution is 5.30. The average molecular weight is 198 g/mol. The van der Waals surface area contributed by atoms with Gasteiger partial charge in [-0.25, -0.2) is 4.98 Å². The first-order valence-electron chi connectivity index (χ1n) is 4.59. The molecule has 0 N–H and O–H groups in total. The number of nitrogens with zero attached hydrogens (tertiary/aromatic N) is 4. The number of hydrogen-bond acceptors (Lipinski definition) is 3. The summed E-state index contributed by atoms with van der Waals surface area (Å²) >= 11 is 0. The fourth-order valence-electron chi connectivity index (χ4n) is 1.49. The summed E-state index contributed by atoms with van der Waals surface area (Å²) in [5, 5.41) is 9.15. The molecule has 0 saturated carbocycles. The molecule has 2 aromatic rings. The van der Waals surface area contributed by atoms with Crippen molar-refractivity contribution in [1.29, 1.82) is 5.26 Å². The number of pyridine rings is 1. The number of hydrogen-bond donors (Lipinski definition) is 0. The van der Waals surface area contributed by atoms with Gasteiger partial charge in [-0.15, -0.1) is 0 Å². The van der Waals surface area contributed by atoms with E-state index in [1.807, 2.05) is 29.9 Å². The second kappa shape index (κ2) is 3.93. The molecule has 2 heterocycles. The number of nitriles is 1. The molecule has 0 aromatic carbocycles. The number of rotatable bonds is 2. The molecule has 1 atom stereocenters. The van der Waals surface area contributed by atoms with E-state index in [1.165, 1.54) is 0 Å². The highest BCUT2D eigenvalue weighted by Crippen LogP contribution is 2.20. The van der Waals surface area contributed by atoms with Crippen LogP contribution in [-0.2, 0) is 7.05 Å². The minimum Gasteiger partial charge on any atom is -0.337 e. The Morgan fingerprint density at radius 2 is 2.07 bits per heavy atom. The van der Waals surface area contributed by atoms with Gasteiger partial charge >= 0.3 is 0 Å². The predicted octanol–water partition coefficient (Wildman–Crippen LogP) is 1.47. The Morgan fingerprint density at radius 3 is 2.60 bits per heavy atom. The molecule has 0 saturated heterocycles. The Morgan fingerprint density at radius 1 is 1.33 bits per heavy atom. The summed E-state index contributed by atoms with van der Waals surface area (Å²) in [5.74, 6) is 0.427. The van der Waals surface area contributed by atoms with Crippen molar-refractivity contribution < 1.29 is 0 Å². The third-order valence-electron chi connectivity index (χ3n) is 2.29. The normalized spacial score (nSPS) is 12.0. The van der Waals surface area contributed by atoms with Gasteiger partial charge in [0.1, 0.15) is 11.7 Å². The fraction of sp³-hybridized carbons (Fsp3) is 0.182. The van der Waals surface area contributed by atoms with Gasteiger partial charge < -0.3 is 4.57 Å². The molecular weight excluding hydrogens is 188 g/mol. The van der Waals surface area contributed by atoms with Crippen molar-refractivity contribution in [2.24, 2.45) is 7.05 Å². The maximum absolute atomic E-state index is 9.15. The first kappa shape index (κ1) is 9.41. The van der Waals surface area contributed by atoms with Gasteiger partial charge in [-0.1, -0.05) is 0 Å². The quantitative estimate of drug-likeness (QED) is 0.734. The van der Waals surface area contributed by atoms with E-state index in [4.69, 9.17) is 5.26 Å². The minimum atomic E-state index is -0.326. The van der Waals surface area contributed by atoms with Crippen molar-refractivity contribution in [3.8, 4) is 6.07 Å². The average Bonchev–Trinajstić information content (AvgIpc) is 2.68. The van der Waals surface area contributed by atoms with Gasteiger partial charge in [0.2, 0.25) is 0 Å². The second-order valence-electron chi connectivity index (χ2n) is 3.24. The molecule has 2 rings (SSSR count). The van der Waals surface area contributed by atoms with E-state index in [-0.39, 0.29) is 5.92 Å². The Labute approximate surface area is 87.8 Å². The Kier molecular flexibility index (Phi) is 2.46. The zero-order valence-corrected chi connectivity index (χ0v) is 8.33. The van der Waals surface area contributed by atoms with Crippen molar-refractivity contribution in [2.75, 3.05) is 0 Å². The van der Waals surface area contributed by atoms with Crippen LogP contribution in [0.25, 0.3) is 0 Å². The Bertz CT molecular complexity index is 481. The Balaban J connectivity index is 2.43. The topological polar surface area (TPSA) is 54.5 Å². The molecular formula is C11H10N4. The van der Waals surface area contributed by atoms with Crippen LogP contribution in [0.4, 0.5) is 0 Å². The van der Waals surface area contributed by atoms with Crippen LogP contribution in [-0.4, -0.2) is 14.5 Å². The zero-order valence-electron chi connectivity index (χ0n) is 8.33. The van der Waals surface area contributed by atoms with Crippen LogP contribution in [0.15, 0.2) is 36.9 Å². The van der Waals surface area contributed by atoms with Crippen LogP contribution < -0.4 is 0 Å². The van der Waals surface area contributed by atoms with Crippen LogP contribution in [0, 0.1) is 11.3 Å². The van der Waals surface area contributed by atoms with Crippen LogP contribution in [0.1, 0.15) is 17.3 Å². The summed E-state index contributed by atoms with van der Waals surface area (Å²) in [7, 11) is 1.88. The third kappa shape index (κ3) is 1.72. The molecule has 4 heteroatoms. The van der Waals surface area contributed by atoms with E-state index in [9.17, 15) is 0 Å². The van der Waals surface area contributed by atoms with Crippen molar-refractivity contribution in [1.82, 2.24) is 14.5 Å².